The van der Waals surface area contributed by atoms with Crippen LogP contribution in [0.4, 0.5) is 5.82 Å². The summed E-state index contributed by atoms with van der Waals surface area (Å²) < 4.78 is 5.09. The highest BCUT2D eigenvalue weighted by Crippen LogP contribution is 2.35. The number of esters is 1. The molecule has 2 rings (SSSR count). The van der Waals surface area contributed by atoms with Crippen LogP contribution in [0.5, 0.6) is 0 Å². The van der Waals surface area contributed by atoms with E-state index in [1.165, 1.54) is 11.3 Å². The maximum Gasteiger partial charge on any atom is 0.348 e. The van der Waals surface area contributed by atoms with Crippen molar-refractivity contribution in [3.63, 3.8) is 0 Å². The molecule has 0 aromatic carbocycles. The summed E-state index contributed by atoms with van der Waals surface area (Å²) in [4.78, 5) is 24.1. The maximum atomic E-state index is 12.0. The van der Waals surface area contributed by atoms with Gasteiger partial charge in [0, 0.05) is 13.6 Å². The summed E-state index contributed by atoms with van der Waals surface area (Å²) in [6, 6.07) is 0. The van der Waals surface area contributed by atoms with Gasteiger partial charge in [0.15, 0.2) is 0 Å². The number of hydrogen-bond donors (Lipinski definition) is 1. The van der Waals surface area contributed by atoms with Gasteiger partial charge in [-0.15, -0.1) is 11.3 Å². The van der Waals surface area contributed by atoms with Gasteiger partial charge >= 0.3 is 5.97 Å². The normalized spacial score (nSPS) is 10.9. The van der Waals surface area contributed by atoms with Gasteiger partial charge in [-0.3, -0.25) is 0 Å². The van der Waals surface area contributed by atoms with Gasteiger partial charge in [0.25, 0.3) is 0 Å². The molecular weight excluding hydrogens is 290 g/mol. The second kappa shape index (κ2) is 6.36. The van der Waals surface area contributed by atoms with Gasteiger partial charge in [0.2, 0.25) is 0 Å². The molecule has 0 aliphatic rings. The third-order valence-corrected chi connectivity index (χ3v) is 4.31. The average Bonchev–Trinajstić information content (AvgIpc) is 2.75. The zero-order valence-corrected chi connectivity index (χ0v) is 13.5. The van der Waals surface area contributed by atoms with Gasteiger partial charge in [-0.05, 0) is 26.3 Å². The number of aromatic nitrogens is 2. The van der Waals surface area contributed by atoms with Crippen molar-refractivity contribution in [2.45, 2.75) is 20.8 Å². The molecule has 0 atom stereocenters. The van der Waals surface area contributed by atoms with Crippen LogP contribution in [0.2, 0.25) is 0 Å². The minimum absolute atomic E-state index is 0.0367. The predicted molar refractivity (Wildman–Crippen MR) is 83.2 cm³/mol. The molecule has 0 spiro atoms. The maximum absolute atomic E-state index is 12.0. The lowest BCUT2D eigenvalue weighted by Gasteiger charge is -2.18. The van der Waals surface area contributed by atoms with Gasteiger partial charge in [-0.25, -0.2) is 14.8 Å². The van der Waals surface area contributed by atoms with Gasteiger partial charge in [0.05, 0.1) is 18.6 Å². The molecule has 2 aromatic rings. The van der Waals surface area contributed by atoms with Gasteiger partial charge in [0.1, 0.15) is 21.3 Å². The molecule has 2 aromatic heterocycles. The van der Waals surface area contributed by atoms with E-state index in [9.17, 15) is 4.79 Å². The van der Waals surface area contributed by atoms with Crippen LogP contribution in [0.25, 0.3) is 10.2 Å². The zero-order chi connectivity index (χ0) is 15.6. The molecule has 2 heterocycles. The van der Waals surface area contributed by atoms with E-state index in [1.54, 1.807) is 6.92 Å². The first kappa shape index (κ1) is 15.7. The Morgan fingerprint density at radius 1 is 1.38 bits per heavy atom. The zero-order valence-electron chi connectivity index (χ0n) is 12.6. The fraction of sp³-hybridized carbons (Fsp3) is 0.500. The SMILES string of the molecule is CCOC(=O)c1sc2nc(C)nc(N(C)CCO)c2c1C. The van der Waals surface area contributed by atoms with Crippen LogP contribution in [0, 0.1) is 13.8 Å². The number of aryl methyl sites for hydroxylation is 2. The van der Waals surface area contributed by atoms with E-state index in [-0.39, 0.29) is 12.6 Å². The number of carbonyl (C=O) groups excluding carboxylic acids is 1. The number of aliphatic hydroxyl groups excluding tert-OH is 1. The third-order valence-electron chi connectivity index (χ3n) is 3.14. The van der Waals surface area contributed by atoms with Crippen molar-refractivity contribution in [1.29, 1.82) is 0 Å². The fourth-order valence-electron chi connectivity index (χ4n) is 2.14. The number of thiophene rings is 1. The molecule has 6 nitrogen and oxygen atoms in total. The lowest BCUT2D eigenvalue weighted by molar-refractivity contribution is 0.0531. The van der Waals surface area contributed by atoms with Crippen LogP contribution in [0.1, 0.15) is 28.0 Å². The number of anilines is 1. The molecule has 0 fully saturated rings. The van der Waals surface area contributed by atoms with E-state index < -0.39 is 0 Å². The summed E-state index contributed by atoms with van der Waals surface area (Å²) in [7, 11) is 1.86. The topological polar surface area (TPSA) is 75.5 Å². The molecule has 1 N–H and O–H groups in total. The monoisotopic (exact) mass is 309 g/mol. The third kappa shape index (κ3) is 2.98. The second-order valence-corrected chi connectivity index (χ2v) is 5.70. The van der Waals surface area contributed by atoms with Gasteiger partial charge < -0.3 is 14.7 Å². The van der Waals surface area contributed by atoms with Crippen LogP contribution >= 0.6 is 11.3 Å². The summed E-state index contributed by atoms with van der Waals surface area (Å²) in [6.07, 6.45) is 0. The number of rotatable bonds is 5. The molecule has 7 heteroatoms. The number of hydrogen-bond acceptors (Lipinski definition) is 7. The number of ether oxygens (including phenoxy) is 1. The standard InChI is InChI=1S/C14H19N3O3S/c1-5-20-14(19)11-8(2)10-12(17(4)6-7-18)15-9(3)16-13(10)21-11/h18H,5-7H2,1-4H3. The first-order chi connectivity index (χ1) is 9.99. The van der Waals surface area contributed by atoms with Crippen molar-refractivity contribution in [3.05, 3.63) is 16.3 Å². The van der Waals surface area contributed by atoms with E-state index in [0.717, 1.165) is 21.6 Å². The van der Waals surface area contributed by atoms with Crippen molar-refractivity contribution in [3.8, 4) is 0 Å². The summed E-state index contributed by atoms with van der Waals surface area (Å²) >= 11 is 1.32. The predicted octanol–water partition coefficient (Wildman–Crippen LogP) is 1.91. The molecule has 0 aliphatic carbocycles. The van der Waals surface area contributed by atoms with Crippen molar-refractivity contribution in [2.75, 3.05) is 31.7 Å². The number of aliphatic hydroxyl groups is 1. The first-order valence-electron chi connectivity index (χ1n) is 6.76. The van der Waals surface area contributed by atoms with Crippen LogP contribution < -0.4 is 4.90 Å². The van der Waals surface area contributed by atoms with Gasteiger partial charge in [-0.1, -0.05) is 0 Å². The van der Waals surface area contributed by atoms with E-state index in [1.807, 2.05) is 25.8 Å². The first-order valence-corrected chi connectivity index (χ1v) is 7.58. The Morgan fingerprint density at radius 3 is 2.71 bits per heavy atom. The molecule has 114 valence electrons. The fourth-order valence-corrected chi connectivity index (χ4v) is 3.26. The number of fused-ring (bicyclic) bond motifs is 1. The van der Waals surface area contributed by atoms with Crippen molar-refractivity contribution in [2.24, 2.45) is 0 Å². The highest BCUT2D eigenvalue weighted by molar-refractivity contribution is 7.20. The van der Waals surface area contributed by atoms with Crippen LogP contribution in [0.3, 0.4) is 0 Å². The summed E-state index contributed by atoms with van der Waals surface area (Å²) in [5, 5.41) is 9.97. The molecule has 0 amide bonds. The Kier molecular flexibility index (Phi) is 4.74. The van der Waals surface area contributed by atoms with Crippen LogP contribution in [-0.2, 0) is 4.74 Å². The summed E-state index contributed by atoms with van der Waals surface area (Å²) in [5.74, 6) is 1.04. The van der Waals surface area contributed by atoms with Crippen LogP contribution in [-0.4, -0.2) is 47.8 Å². The van der Waals surface area contributed by atoms with E-state index in [0.29, 0.717) is 23.9 Å². The molecule has 0 aliphatic heterocycles. The average molecular weight is 309 g/mol. The highest BCUT2D eigenvalue weighted by atomic mass is 32.1. The summed E-state index contributed by atoms with van der Waals surface area (Å²) in [6.45, 7) is 6.32. The largest absolute Gasteiger partial charge is 0.462 e. The molecule has 21 heavy (non-hydrogen) atoms. The molecule has 0 radical (unpaired) electrons. The van der Waals surface area contributed by atoms with E-state index in [4.69, 9.17) is 9.84 Å². The van der Waals surface area contributed by atoms with E-state index >= 15 is 0 Å². The second-order valence-electron chi connectivity index (χ2n) is 4.70. The Labute approximate surface area is 127 Å². The van der Waals surface area contributed by atoms with E-state index in [2.05, 4.69) is 9.97 Å². The Balaban J connectivity index is 2.62. The minimum Gasteiger partial charge on any atom is -0.462 e. The molecular formula is C14H19N3O3S. The molecule has 0 unspecified atom stereocenters. The number of likely N-dealkylation sites (N-methyl/N-ethyl adjacent to an activating group) is 1. The molecule has 0 saturated heterocycles. The van der Waals surface area contributed by atoms with Crippen LogP contribution in [0.15, 0.2) is 0 Å². The van der Waals surface area contributed by atoms with Gasteiger partial charge in [-0.2, -0.15) is 0 Å². The molecule has 0 saturated carbocycles. The van der Waals surface area contributed by atoms with Crippen molar-refractivity contribution in [1.82, 2.24) is 9.97 Å². The highest BCUT2D eigenvalue weighted by Gasteiger charge is 2.22. The Morgan fingerprint density at radius 2 is 2.10 bits per heavy atom. The lowest BCUT2D eigenvalue weighted by atomic mass is 10.2. The molecule has 0 bridgehead atoms. The lowest BCUT2D eigenvalue weighted by Crippen LogP contribution is -2.23. The van der Waals surface area contributed by atoms with Crippen molar-refractivity contribution >= 4 is 33.3 Å². The Bertz CT molecular complexity index is 669. The van der Waals surface area contributed by atoms with Crippen molar-refractivity contribution < 1.29 is 14.6 Å². The smallest absolute Gasteiger partial charge is 0.348 e. The summed E-state index contributed by atoms with van der Waals surface area (Å²) in [5.41, 5.74) is 0.827. The Hall–Kier alpha value is -1.73. The minimum atomic E-state index is -0.327. The number of nitrogens with zero attached hydrogens (tertiary/aromatic N) is 3. The number of carbonyl (C=O) groups is 1. The quantitative estimate of drug-likeness (QED) is 0.850.